The van der Waals surface area contributed by atoms with Crippen molar-refractivity contribution in [1.82, 2.24) is 5.32 Å². The summed E-state index contributed by atoms with van der Waals surface area (Å²) < 4.78 is 0. The first-order chi connectivity index (χ1) is 14.7. The SMILES string of the molecule is CCCCCCCCCCCCCCCCCC/C=C/C(O)C(CO)NC(=O)CC. The van der Waals surface area contributed by atoms with Gasteiger partial charge in [-0.25, -0.2) is 0 Å². The lowest BCUT2D eigenvalue weighted by Crippen LogP contribution is -2.44. The zero-order valence-corrected chi connectivity index (χ0v) is 20.0. The normalized spacial score (nSPS) is 13.6. The number of rotatable bonds is 22. The van der Waals surface area contributed by atoms with Crippen molar-refractivity contribution in [2.45, 2.75) is 142 Å². The van der Waals surface area contributed by atoms with Crippen molar-refractivity contribution >= 4 is 5.91 Å². The summed E-state index contributed by atoms with van der Waals surface area (Å²) in [6.07, 6.45) is 26.0. The average molecular weight is 426 g/mol. The lowest BCUT2D eigenvalue weighted by atomic mass is 10.0. The Hall–Kier alpha value is -0.870. The summed E-state index contributed by atoms with van der Waals surface area (Å²) in [6, 6.07) is -0.612. The molecule has 2 unspecified atom stereocenters. The Balaban J connectivity index is 3.39. The molecule has 2 atom stereocenters. The van der Waals surface area contributed by atoms with E-state index in [1.54, 1.807) is 13.0 Å². The van der Waals surface area contributed by atoms with Gasteiger partial charge in [0, 0.05) is 6.42 Å². The van der Waals surface area contributed by atoms with Crippen LogP contribution in [-0.2, 0) is 4.79 Å². The monoisotopic (exact) mass is 425 g/mol. The maximum atomic E-state index is 11.4. The average Bonchev–Trinajstić information content (AvgIpc) is 2.76. The molecule has 4 nitrogen and oxygen atoms in total. The van der Waals surface area contributed by atoms with Crippen LogP contribution in [0.15, 0.2) is 12.2 Å². The Kier molecular flexibility index (Phi) is 22.1. The molecule has 0 saturated carbocycles. The predicted molar refractivity (Wildman–Crippen MR) is 129 cm³/mol. The number of aliphatic hydroxyl groups excluding tert-OH is 2. The number of unbranched alkanes of at least 4 members (excludes halogenated alkanes) is 16. The summed E-state index contributed by atoms with van der Waals surface area (Å²) in [6.45, 7) is 3.78. The van der Waals surface area contributed by atoms with Crippen LogP contribution in [0.1, 0.15) is 129 Å². The molecule has 0 rings (SSSR count). The van der Waals surface area contributed by atoms with E-state index < -0.39 is 12.1 Å². The molecule has 0 fully saturated rings. The minimum atomic E-state index is -0.827. The molecule has 30 heavy (non-hydrogen) atoms. The van der Waals surface area contributed by atoms with Crippen LogP contribution in [-0.4, -0.2) is 34.9 Å². The first-order valence-electron chi connectivity index (χ1n) is 12.9. The summed E-state index contributed by atoms with van der Waals surface area (Å²) in [5.74, 6) is -0.153. The smallest absolute Gasteiger partial charge is 0.220 e. The molecule has 178 valence electrons. The zero-order valence-electron chi connectivity index (χ0n) is 20.0. The molecular formula is C26H51NO3. The standard InChI is InChI=1S/C26H51NO3/c1-3-5-6-7-8-9-10-11-12-13-14-15-16-17-18-19-20-21-22-25(29)24(23-28)27-26(30)4-2/h21-22,24-25,28-29H,3-20,23H2,1-2H3,(H,27,30)/b22-21+. The minimum Gasteiger partial charge on any atom is -0.394 e. The third-order valence-electron chi connectivity index (χ3n) is 5.83. The number of amides is 1. The second kappa shape index (κ2) is 22.8. The van der Waals surface area contributed by atoms with Gasteiger partial charge in [0.2, 0.25) is 5.91 Å². The molecule has 0 aromatic heterocycles. The van der Waals surface area contributed by atoms with Crippen molar-refractivity contribution < 1.29 is 15.0 Å². The van der Waals surface area contributed by atoms with E-state index in [1.807, 2.05) is 6.08 Å². The highest BCUT2D eigenvalue weighted by molar-refractivity contribution is 5.75. The van der Waals surface area contributed by atoms with Gasteiger partial charge in [-0.2, -0.15) is 0 Å². The molecule has 0 spiro atoms. The second-order valence-electron chi connectivity index (χ2n) is 8.72. The van der Waals surface area contributed by atoms with E-state index in [4.69, 9.17) is 0 Å². The van der Waals surface area contributed by atoms with Crippen molar-refractivity contribution in [1.29, 1.82) is 0 Å². The van der Waals surface area contributed by atoms with E-state index in [2.05, 4.69) is 12.2 Å². The molecule has 0 aromatic carbocycles. The number of nitrogens with one attached hydrogen (secondary N) is 1. The van der Waals surface area contributed by atoms with E-state index in [0.717, 1.165) is 12.8 Å². The number of aliphatic hydroxyl groups is 2. The number of allylic oxidation sites excluding steroid dienone is 1. The maximum absolute atomic E-state index is 11.4. The topological polar surface area (TPSA) is 69.6 Å². The predicted octanol–water partition coefficient (Wildman–Crippen LogP) is 6.44. The third-order valence-corrected chi connectivity index (χ3v) is 5.83. The van der Waals surface area contributed by atoms with E-state index in [1.165, 1.54) is 96.3 Å². The quantitative estimate of drug-likeness (QED) is 0.138. The molecule has 3 N–H and O–H groups in total. The number of hydrogen-bond acceptors (Lipinski definition) is 3. The van der Waals surface area contributed by atoms with Crippen molar-refractivity contribution in [3.63, 3.8) is 0 Å². The van der Waals surface area contributed by atoms with Crippen LogP contribution >= 0.6 is 0 Å². The van der Waals surface area contributed by atoms with Crippen molar-refractivity contribution in [3.8, 4) is 0 Å². The molecule has 4 heteroatoms. The van der Waals surface area contributed by atoms with Crippen LogP contribution in [0.4, 0.5) is 0 Å². The molecule has 0 aliphatic heterocycles. The third kappa shape index (κ3) is 19.1. The Labute approximate surface area is 186 Å². The molecule has 0 aliphatic rings. The zero-order chi connectivity index (χ0) is 22.3. The fourth-order valence-electron chi connectivity index (χ4n) is 3.73. The fraction of sp³-hybridized carbons (Fsp3) is 0.885. The van der Waals surface area contributed by atoms with E-state index in [0.29, 0.717) is 6.42 Å². The summed E-state index contributed by atoms with van der Waals surface area (Å²) in [5, 5.41) is 21.9. The molecule has 0 heterocycles. The van der Waals surface area contributed by atoms with Gasteiger partial charge in [-0.05, 0) is 12.8 Å². The highest BCUT2D eigenvalue weighted by atomic mass is 16.3. The Morgan fingerprint density at radius 2 is 1.20 bits per heavy atom. The molecule has 0 saturated heterocycles. The highest BCUT2D eigenvalue weighted by Gasteiger charge is 2.17. The molecule has 0 radical (unpaired) electrons. The molecule has 0 aromatic rings. The van der Waals surface area contributed by atoms with E-state index in [-0.39, 0.29) is 12.5 Å². The van der Waals surface area contributed by atoms with Gasteiger partial charge in [0.1, 0.15) is 0 Å². The van der Waals surface area contributed by atoms with E-state index >= 15 is 0 Å². The maximum Gasteiger partial charge on any atom is 0.220 e. The molecule has 0 aliphatic carbocycles. The van der Waals surface area contributed by atoms with Gasteiger partial charge < -0.3 is 15.5 Å². The van der Waals surface area contributed by atoms with Gasteiger partial charge in [0.05, 0.1) is 18.8 Å². The van der Waals surface area contributed by atoms with Crippen molar-refractivity contribution in [2.24, 2.45) is 0 Å². The minimum absolute atomic E-state index is 0.153. The van der Waals surface area contributed by atoms with Crippen LogP contribution in [0.5, 0.6) is 0 Å². The molecule has 0 bridgehead atoms. The fourth-order valence-corrected chi connectivity index (χ4v) is 3.73. The van der Waals surface area contributed by atoms with Gasteiger partial charge in [0.15, 0.2) is 0 Å². The highest BCUT2D eigenvalue weighted by Crippen LogP contribution is 2.14. The Morgan fingerprint density at radius 3 is 1.60 bits per heavy atom. The van der Waals surface area contributed by atoms with Crippen molar-refractivity contribution in [3.05, 3.63) is 12.2 Å². The van der Waals surface area contributed by atoms with Crippen LogP contribution in [0.25, 0.3) is 0 Å². The van der Waals surface area contributed by atoms with Gasteiger partial charge >= 0.3 is 0 Å². The Bertz CT molecular complexity index is 398. The van der Waals surface area contributed by atoms with Gasteiger partial charge in [-0.1, -0.05) is 122 Å². The number of carbonyl (C=O) groups excluding carboxylic acids is 1. The first kappa shape index (κ1) is 29.1. The molecule has 1 amide bonds. The van der Waals surface area contributed by atoms with Crippen LogP contribution in [0.3, 0.4) is 0 Å². The summed E-state index contributed by atoms with van der Waals surface area (Å²) >= 11 is 0. The second-order valence-corrected chi connectivity index (χ2v) is 8.72. The lowest BCUT2D eigenvalue weighted by Gasteiger charge is -2.19. The largest absolute Gasteiger partial charge is 0.394 e. The number of hydrogen-bond donors (Lipinski definition) is 3. The summed E-state index contributed by atoms with van der Waals surface area (Å²) in [7, 11) is 0. The summed E-state index contributed by atoms with van der Waals surface area (Å²) in [4.78, 5) is 11.4. The van der Waals surface area contributed by atoms with Gasteiger partial charge in [0.25, 0.3) is 0 Å². The summed E-state index contributed by atoms with van der Waals surface area (Å²) in [5.41, 5.74) is 0. The van der Waals surface area contributed by atoms with Gasteiger partial charge in [-0.3, -0.25) is 4.79 Å². The molecular weight excluding hydrogens is 374 g/mol. The van der Waals surface area contributed by atoms with E-state index in [9.17, 15) is 15.0 Å². The first-order valence-corrected chi connectivity index (χ1v) is 12.9. The van der Waals surface area contributed by atoms with Crippen LogP contribution < -0.4 is 5.32 Å². The number of carbonyl (C=O) groups is 1. The Morgan fingerprint density at radius 1 is 0.767 bits per heavy atom. The lowest BCUT2D eigenvalue weighted by molar-refractivity contribution is -0.122. The van der Waals surface area contributed by atoms with Crippen LogP contribution in [0.2, 0.25) is 0 Å². The van der Waals surface area contributed by atoms with Crippen molar-refractivity contribution in [2.75, 3.05) is 6.61 Å². The van der Waals surface area contributed by atoms with Gasteiger partial charge in [-0.15, -0.1) is 0 Å². The van der Waals surface area contributed by atoms with Crippen LogP contribution in [0, 0.1) is 0 Å².